The molecule has 0 aliphatic heterocycles. The van der Waals surface area contributed by atoms with E-state index in [1.54, 1.807) is 12.4 Å². The second kappa shape index (κ2) is 57.0. The topological polar surface area (TPSA) is 141 Å². The van der Waals surface area contributed by atoms with Crippen LogP contribution in [0, 0.1) is 75.1 Å². The first-order valence-electron chi connectivity index (χ1n) is 42.5. The number of hydrogen-bond acceptors (Lipinski definition) is 10. The Morgan fingerprint density at radius 3 is 1.15 bits per heavy atom. The molecule has 675 valence electrons. The molecule has 18 rings (SSSR count). The van der Waals surface area contributed by atoms with Crippen LogP contribution in [0.15, 0.2) is 387 Å². The average Bonchev–Trinajstić information content (AvgIpc) is 1.61. The number of aliphatic hydroxyl groups is 1. The van der Waals surface area contributed by atoms with Crippen molar-refractivity contribution in [3.63, 3.8) is 0 Å². The number of ketones is 1. The van der Waals surface area contributed by atoms with E-state index in [0.717, 1.165) is 106 Å². The van der Waals surface area contributed by atoms with Crippen LogP contribution < -0.4 is 0 Å². The van der Waals surface area contributed by atoms with Gasteiger partial charge in [-0.1, -0.05) is 224 Å². The van der Waals surface area contributed by atoms with Gasteiger partial charge in [0.15, 0.2) is 5.78 Å². The maximum Gasteiger partial charge on any atom is 0.159 e. The quantitative estimate of drug-likeness (QED) is 0.0599. The standard InChI is InChI=1S/C20H16NO.C18H14N.C17H12N.C15H16N.2C12H10N.C11H8N.C11H20O2.5Ir/c1-13(2)14-7-5-8-15-16-9-6-10-17(20(16)22-19(14)15)18-11-3-4-12-21-18;1-14-7-9-15(10-8-14)17-11-12-19-18(13-17)16-5-3-2-4-6-16;1-3-7-14(8-4-1)16-11-12-17(18-13-16)15-9-5-2-6-10-15;1-15(2,3)13-9-10-16-14(11-13)12-7-5-4-6-8-12;2*1-10-7-8-12(13-9-10)11-5-3-2-4-6-11;1-2-6-10(7-3-1)11-8-4-5-9-12-11;1-8(2)5-10(12)7-11(13)6-9(3)4;;;;;/h3-9,11-13H,1-2H3;2-5,7-13H,1H3;1-9,11-13H;4-7,9-11H,1-3H3;2*2-5,7-9H,1H3;1-6,8-9H;7-9,12H,5-6H2,1-4H3;;;;;/q7*-1;;;;;;. The Morgan fingerprint density at radius 2 is 0.733 bits per heavy atom. The molecular formula is C116H106Ir5N7O3-7. The van der Waals surface area contributed by atoms with Gasteiger partial charge >= 0.3 is 0 Å². The maximum absolute atomic E-state index is 11.2. The van der Waals surface area contributed by atoms with Gasteiger partial charge in [0.25, 0.3) is 0 Å². The SMILES string of the molecule is CC(C)(C)c1ccnc(-c2[c-]cccc2)c1.CC(C)CC(=O)C=C(O)CC(C)C.CC(C)c1cccc2c1oc1c(-c3ccccn3)[c-]ccc12.Cc1ccc(-c2[c-]cccc2)nc1.Cc1ccc(-c2[c-]cccc2)nc1.Cc1ccc(-c2ccnc(-c3[c-]cccc3)c2)cc1.[Ir].[Ir].[Ir].[Ir].[Ir].[c-]1ccccc1-c1ccc(-c2ccccc2)cn1.[c-]1ccccc1-c1ccccn1. The largest absolute Gasteiger partial charge is 0.512 e. The van der Waals surface area contributed by atoms with Crippen molar-refractivity contribution in [1.82, 2.24) is 34.9 Å². The van der Waals surface area contributed by atoms with Gasteiger partial charge in [0, 0.05) is 168 Å². The van der Waals surface area contributed by atoms with E-state index in [4.69, 9.17) is 4.42 Å². The van der Waals surface area contributed by atoms with Crippen LogP contribution in [0.1, 0.15) is 109 Å². The van der Waals surface area contributed by atoms with Crippen LogP contribution in [0.25, 0.3) is 123 Å². The summed E-state index contributed by atoms with van der Waals surface area (Å²) in [6.07, 6.45) is 15.4. The van der Waals surface area contributed by atoms with Crippen LogP contribution in [0.4, 0.5) is 0 Å². The molecule has 0 unspecified atom stereocenters. The fourth-order valence-corrected chi connectivity index (χ4v) is 13.1. The number of aromatic nitrogens is 7. The first-order valence-corrected chi connectivity index (χ1v) is 42.5. The van der Waals surface area contributed by atoms with Gasteiger partial charge in [-0.25, -0.2) is 0 Å². The van der Waals surface area contributed by atoms with E-state index >= 15 is 0 Å². The molecule has 8 aromatic heterocycles. The van der Waals surface area contributed by atoms with Gasteiger partial charge < -0.3 is 44.4 Å². The number of nitrogens with zero attached hydrogens (tertiary/aromatic N) is 7. The van der Waals surface area contributed by atoms with Crippen LogP contribution >= 0.6 is 0 Å². The summed E-state index contributed by atoms with van der Waals surface area (Å²) in [7, 11) is 0. The summed E-state index contributed by atoms with van der Waals surface area (Å²) in [4.78, 5) is 41.8. The van der Waals surface area contributed by atoms with Gasteiger partial charge in [-0.15, -0.1) is 234 Å². The smallest absolute Gasteiger partial charge is 0.159 e. The maximum atomic E-state index is 11.2. The van der Waals surface area contributed by atoms with Gasteiger partial charge in [0.05, 0.1) is 11.3 Å². The monoisotopic (exact) mass is 2610 g/mol. The van der Waals surface area contributed by atoms with Crippen molar-refractivity contribution in [3.8, 4) is 101 Å². The minimum Gasteiger partial charge on any atom is -0.512 e. The number of hydrogen-bond donors (Lipinski definition) is 1. The van der Waals surface area contributed by atoms with Crippen molar-refractivity contribution in [2.75, 3.05) is 0 Å². The van der Waals surface area contributed by atoms with Crippen LogP contribution in [0.3, 0.4) is 0 Å². The molecule has 0 amide bonds. The van der Waals surface area contributed by atoms with Crippen LogP contribution in [0.5, 0.6) is 0 Å². The van der Waals surface area contributed by atoms with Crippen LogP contribution in [0.2, 0.25) is 0 Å². The van der Waals surface area contributed by atoms with Crippen molar-refractivity contribution in [3.05, 3.63) is 453 Å². The molecule has 8 heterocycles. The Bertz CT molecular complexity index is 6110. The zero-order valence-electron chi connectivity index (χ0n) is 75.5. The number of carbonyl (C=O) groups is 1. The second-order valence-electron chi connectivity index (χ2n) is 32.2. The summed E-state index contributed by atoms with van der Waals surface area (Å²) < 4.78 is 6.26. The van der Waals surface area contributed by atoms with E-state index in [9.17, 15) is 9.90 Å². The van der Waals surface area contributed by atoms with E-state index in [1.165, 1.54) is 50.6 Å². The summed E-state index contributed by atoms with van der Waals surface area (Å²) in [6.45, 7) is 25.2. The number of rotatable bonds is 15. The number of allylic oxidation sites excluding steroid dienone is 2. The second-order valence-corrected chi connectivity index (χ2v) is 32.2. The van der Waals surface area contributed by atoms with E-state index in [2.05, 4.69) is 216 Å². The van der Waals surface area contributed by atoms with Gasteiger partial charge in [-0.3, -0.25) is 4.79 Å². The molecule has 131 heavy (non-hydrogen) atoms. The molecule has 18 aromatic rings. The summed E-state index contributed by atoms with van der Waals surface area (Å²) in [5.74, 6) is 1.40. The molecule has 0 saturated heterocycles. The van der Waals surface area contributed by atoms with Crippen molar-refractivity contribution in [1.29, 1.82) is 0 Å². The third kappa shape index (κ3) is 35.0. The number of benzene rings is 10. The number of aliphatic hydroxyl groups excluding tert-OH is 1. The molecular weight excluding hydrogens is 2500 g/mol. The number of carbonyl (C=O) groups excluding carboxylic acids is 1. The Balaban J connectivity index is 0.000000231. The summed E-state index contributed by atoms with van der Waals surface area (Å²) in [6, 6.07) is 131. The van der Waals surface area contributed by atoms with Crippen LogP contribution in [-0.2, 0) is 111 Å². The zero-order chi connectivity index (χ0) is 88.8. The first-order chi connectivity index (χ1) is 61.2. The molecule has 0 saturated carbocycles. The molecule has 0 aliphatic rings. The van der Waals surface area contributed by atoms with E-state index in [-0.39, 0.29) is 117 Å². The minimum absolute atomic E-state index is 0. The molecule has 15 heteroatoms. The van der Waals surface area contributed by atoms with Gasteiger partial charge in [0.2, 0.25) is 0 Å². The molecule has 1 N–H and O–H groups in total. The number of para-hydroxylation sites is 1. The predicted molar refractivity (Wildman–Crippen MR) is 519 cm³/mol. The van der Waals surface area contributed by atoms with E-state index < -0.39 is 0 Å². The molecule has 0 atom stereocenters. The number of fused-ring (bicyclic) bond motifs is 3. The fraction of sp³-hybridized carbons (Fsp3) is 0.155. The molecule has 0 spiro atoms. The number of furan rings is 1. The normalized spacial score (nSPS) is 10.4. The van der Waals surface area contributed by atoms with Crippen molar-refractivity contribution in [2.24, 2.45) is 11.8 Å². The third-order valence-corrected chi connectivity index (χ3v) is 19.6. The molecule has 0 bridgehead atoms. The molecule has 10 aromatic carbocycles. The van der Waals surface area contributed by atoms with Gasteiger partial charge in [-0.2, -0.15) is 0 Å². The van der Waals surface area contributed by atoms with Crippen LogP contribution in [-0.4, -0.2) is 45.8 Å². The number of pyridine rings is 7. The third-order valence-electron chi connectivity index (χ3n) is 19.6. The summed E-state index contributed by atoms with van der Waals surface area (Å²) in [5, 5.41) is 11.6. The van der Waals surface area contributed by atoms with E-state index in [0.29, 0.717) is 30.6 Å². The predicted octanol–water partition coefficient (Wildman–Crippen LogP) is 29.5. The summed E-state index contributed by atoms with van der Waals surface area (Å²) >= 11 is 0. The van der Waals surface area contributed by atoms with Crippen molar-refractivity contribution < 1.29 is 115 Å². The Kier molecular flexibility index (Phi) is 47.1. The van der Waals surface area contributed by atoms with Crippen molar-refractivity contribution >= 4 is 27.7 Å². The molecule has 10 nitrogen and oxygen atoms in total. The first kappa shape index (κ1) is 108. The average molecular weight is 2610 g/mol. The van der Waals surface area contributed by atoms with Gasteiger partial charge in [0.1, 0.15) is 5.58 Å². The van der Waals surface area contributed by atoms with Gasteiger partial charge in [-0.05, 0) is 153 Å². The molecule has 0 fully saturated rings. The van der Waals surface area contributed by atoms with Crippen molar-refractivity contribution in [2.45, 2.75) is 107 Å². The fourth-order valence-electron chi connectivity index (χ4n) is 13.1. The molecule has 0 aliphatic carbocycles. The minimum atomic E-state index is 0. The van der Waals surface area contributed by atoms with E-state index in [1.807, 2.05) is 303 Å². The molecule has 5 radical (unpaired) electrons. The zero-order valence-corrected chi connectivity index (χ0v) is 87.5. The Labute approximate surface area is 842 Å². The Hall–Kier alpha value is -11.5. The summed E-state index contributed by atoms with van der Waals surface area (Å²) in [5.41, 5.74) is 26.8. The Morgan fingerprint density at radius 1 is 0.336 bits per heavy atom. The number of aryl methyl sites for hydroxylation is 3.